The number of piperidine rings is 1. The summed E-state index contributed by atoms with van der Waals surface area (Å²) in [5.74, 6) is 0.512. The number of hydrogen-bond donors (Lipinski definition) is 1. The molecule has 1 aliphatic rings. The minimum absolute atomic E-state index is 0.512. The zero-order valence-electron chi connectivity index (χ0n) is 8.01. The number of nitriles is 1. The molecule has 0 spiro atoms. The maximum atomic E-state index is 8.56. The fourth-order valence-electron chi connectivity index (χ4n) is 1.91. The third-order valence-corrected chi connectivity index (χ3v) is 2.75. The van der Waals surface area contributed by atoms with Crippen molar-refractivity contribution in [1.29, 1.82) is 5.26 Å². The van der Waals surface area contributed by atoms with Gasteiger partial charge < -0.3 is 5.32 Å². The lowest BCUT2D eigenvalue weighted by Crippen LogP contribution is -2.44. The summed E-state index contributed by atoms with van der Waals surface area (Å²) in [7, 11) is 0. The summed E-state index contributed by atoms with van der Waals surface area (Å²) < 4.78 is 0. The van der Waals surface area contributed by atoms with Gasteiger partial charge in [0.15, 0.2) is 0 Å². The highest BCUT2D eigenvalue weighted by Gasteiger charge is 2.22. The van der Waals surface area contributed by atoms with Crippen LogP contribution in [0.3, 0.4) is 0 Å². The van der Waals surface area contributed by atoms with Crippen molar-refractivity contribution in [3.05, 3.63) is 0 Å². The van der Waals surface area contributed by atoms with Gasteiger partial charge in [-0.15, -0.1) is 0 Å². The van der Waals surface area contributed by atoms with Crippen molar-refractivity contribution >= 4 is 0 Å². The summed E-state index contributed by atoms with van der Waals surface area (Å²) in [6.07, 6.45) is 4.53. The van der Waals surface area contributed by atoms with Crippen LogP contribution in [-0.2, 0) is 0 Å². The van der Waals surface area contributed by atoms with Crippen molar-refractivity contribution in [2.45, 2.75) is 51.6 Å². The van der Waals surface area contributed by atoms with E-state index in [0.717, 1.165) is 0 Å². The summed E-state index contributed by atoms with van der Waals surface area (Å²) in [5.41, 5.74) is 0. The Hall–Kier alpha value is -0.550. The molecule has 0 bridgehead atoms. The van der Waals surface area contributed by atoms with Crippen LogP contribution < -0.4 is 5.32 Å². The summed E-state index contributed by atoms with van der Waals surface area (Å²) in [6.45, 7) is 4.39. The Labute approximate surface area is 75.0 Å². The fourth-order valence-corrected chi connectivity index (χ4v) is 1.91. The number of rotatable bonds is 2. The molecule has 12 heavy (non-hydrogen) atoms. The summed E-state index contributed by atoms with van der Waals surface area (Å²) >= 11 is 0. The molecule has 0 radical (unpaired) electrons. The van der Waals surface area contributed by atoms with E-state index in [9.17, 15) is 0 Å². The lowest BCUT2D eigenvalue weighted by molar-refractivity contribution is 0.269. The van der Waals surface area contributed by atoms with E-state index in [-0.39, 0.29) is 0 Å². The molecule has 1 fully saturated rings. The SMILES string of the molecule is CC(CC#N)C1CCC[C@@H](C)N1. The predicted octanol–water partition coefficient (Wildman–Crippen LogP) is 2.07. The smallest absolute Gasteiger partial charge is 0.0625 e. The maximum Gasteiger partial charge on any atom is 0.0625 e. The zero-order valence-corrected chi connectivity index (χ0v) is 8.01. The molecule has 0 amide bonds. The second-order valence-electron chi connectivity index (χ2n) is 3.94. The third kappa shape index (κ3) is 2.49. The molecule has 1 aliphatic heterocycles. The van der Waals surface area contributed by atoms with Crippen molar-refractivity contribution in [3.63, 3.8) is 0 Å². The van der Waals surface area contributed by atoms with Crippen LogP contribution in [-0.4, -0.2) is 12.1 Å². The molecule has 0 aromatic rings. The molecule has 68 valence electrons. The highest BCUT2D eigenvalue weighted by Crippen LogP contribution is 2.19. The van der Waals surface area contributed by atoms with Gasteiger partial charge in [-0.2, -0.15) is 5.26 Å². The summed E-state index contributed by atoms with van der Waals surface area (Å²) in [6, 6.07) is 3.46. The van der Waals surface area contributed by atoms with Gasteiger partial charge in [0.05, 0.1) is 6.07 Å². The topological polar surface area (TPSA) is 35.8 Å². The lowest BCUT2D eigenvalue weighted by atomic mass is 9.89. The summed E-state index contributed by atoms with van der Waals surface area (Å²) in [5, 5.41) is 12.1. The number of nitrogens with one attached hydrogen (secondary N) is 1. The molecule has 0 saturated carbocycles. The molecule has 0 aliphatic carbocycles. The standard InChI is InChI=1S/C10H18N2/c1-8(6-7-11)10-5-3-4-9(2)12-10/h8-10,12H,3-6H2,1-2H3/t8?,9-,10?/m1/s1. The first-order valence-corrected chi connectivity index (χ1v) is 4.87. The molecule has 2 heteroatoms. The van der Waals surface area contributed by atoms with E-state index in [1.807, 2.05) is 0 Å². The van der Waals surface area contributed by atoms with E-state index < -0.39 is 0 Å². The Morgan fingerprint density at radius 1 is 1.58 bits per heavy atom. The van der Waals surface area contributed by atoms with E-state index in [0.29, 0.717) is 24.4 Å². The van der Waals surface area contributed by atoms with Crippen LogP contribution in [0.2, 0.25) is 0 Å². The van der Waals surface area contributed by atoms with Gasteiger partial charge in [0.1, 0.15) is 0 Å². The minimum Gasteiger partial charge on any atom is -0.311 e. The van der Waals surface area contributed by atoms with E-state index in [2.05, 4.69) is 25.2 Å². The Balaban J connectivity index is 2.35. The Morgan fingerprint density at radius 2 is 2.33 bits per heavy atom. The van der Waals surface area contributed by atoms with Crippen LogP contribution in [0.1, 0.15) is 39.5 Å². The highest BCUT2D eigenvalue weighted by atomic mass is 15.0. The molecule has 1 saturated heterocycles. The van der Waals surface area contributed by atoms with Gasteiger partial charge >= 0.3 is 0 Å². The van der Waals surface area contributed by atoms with Crippen LogP contribution in [0.5, 0.6) is 0 Å². The molecule has 1 N–H and O–H groups in total. The largest absolute Gasteiger partial charge is 0.311 e. The zero-order chi connectivity index (χ0) is 8.97. The molecular formula is C10H18N2. The average molecular weight is 166 g/mol. The van der Waals surface area contributed by atoms with Crippen molar-refractivity contribution in [3.8, 4) is 6.07 Å². The molecule has 0 aromatic carbocycles. The van der Waals surface area contributed by atoms with Crippen LogP contribution in [0, 0.1) is 17.2 Å². The normalized spacial score (nSPS) is 32.4. The average Bonchev–Trinajstić information content (AvgIpc) is 2.05. The maximum absolute atomic E-state index is 8.56. The molecule has 2 nitrogen and oxygen atoms in total. The molecule has 1 rings (SSSR count). The minimum atomic E-state index is 0.512. The van der Waals surface area contributed by atoms with Crippen molar-refractivity contribution in [1.82, 2.24) is 5.32 Å². The second kappa shape index (κ2) is 4.47. The van der Waals surface area contributed by atoms with Crippen LogP contribution in [0.25, 0.3) is 0 Å². The predicted molar refractivity (Wildman–Crippen MR) is 49.6 cm³/mol. The third-order valence-electron chi connectivity index (χ3n) is 2.75. The molecule has 0 aromatic heterocycles. The Bertz CT molecular complexity index is 171. The van der Waals surface area contributed by atoms with E-state index in [4.69, 9.17) is 5.26 Å². The molecule has 1 heterocycles. The quantitative estimate of drug-likeness (QED) is 0.681. The highest BCUT2D eigenvalue weighted by molar-refractivity contribution is 4.86. The van der Waals surface area contributed by atoms with E-state index >= 15 is 0 Å². The molecule has 3 atom stereocenters. The monoisotopic (exact) mass is 166 g/mol. The van der Waals surface area contributed by atoms with Gasteiger partial charge in [0, 0.05) is 18.5 Å². The lowest BCUT2D eigenvalue weighted by Gasteiger charge is -2.32. The van der Waals surface area contributed by atoms with Crippen molar-refractivity contribution < 1.29 is 0 Å². The molecule has 2 unspecified atom stereocenters. The van der Waals surface area contributed by atoms with Crippen molar-refractivity contribution in [2.24, 2.45) is 5.92 Å². The Kier molecular flexibility index (Phi) is 3.55. The first kappa shape index (κ1) is 9.54. The first-order chi connectivity index (χ1) is 5.74. The first-order valence-electron chi connectivity index (χ1n) is 4.87. The number of nitrogens with zero attached hydrogens (tertiary/aromatic N) is 1. The van der Waals surface area contributed by atoms with Crippen LogP contribution in [0.4, 0.5) is 0 Å². The van der Waals surface area contributed by atoms with Gasteiger partial charge in [0.25, 0.3) is 0 Å². The number of hydrogen-bond acceptors (Lipinski definition) is 2. The second-order valence-corrected chi connectivity index (χ2v) is 3.94. The van der Waals surface area contributed by atoms with Gasteiger partial charge in [-0.1, -0.05) is 13.3 Å². The van der Waals surface area contributed by atoms with E-state index in [1.54, 1.807) is 0 Å². The van der Waals surface area contributed by atoms with Gasteiger partial charge in [-0.25, -0.2) is 0 Å². The molecular weight excluding hydrogens is 148 g/mol. The van der Waals surface area contributed by atoms with Gasteiger partial charge in [-0.3, -0.25) is 0 Å². The van der Waals surface area contributed by atoms with Crippen molar-refractivity contribution in [2.75, 3.05) is 0 Å². The van der Waals surface area contributed by atoms with E-state index in [1.165, 1.54) is 19.3 Å². The van der Waals surface area contributed by atoms with Crippen LogP contribution >= 0.6 is 0 Å². The van der Waals surface area contributed by atoms with Gasteiger partial charge in [0.2, 0.25) is 0 Å². The summed E-state index contributed by atoms with van der Waals surface area (Å²) in [4.78, 5) is 0. The van der Waals surface area contributed by atoms with Gasteiger partial charge in [-0.05, 0) is 25.7 Å². The Morgan fingerprint density at radius 3 is 2.92 bits per heavy atom. The fraction of sp³-hybridized carbons (Fsp3) is 0.900. The van der Waals surface area contributed by atoms with Crippen LogP contribution in [0.15, 0.2) is 0 Å².